The Morgan fingerprint density at radius 2 is 2.22 bits per heavy atom. The first-order valence-electron chi connectivity index (χ1n) is 8.60. The SMILES string of the molecule is COc1cc([C@@H](CC(C)C)NC(=O)[C@]2(C)CSC(/C(C)=N\O)=N2)oc(=O)c1. The molecule has 1 aromatic rings. The molecule has 2 heterocycles. The Labute approximate surface area is 162 Å². The van der Waals surface area contributed by atoms with E-state index < -0.39 is 17.2 Å². The van der Waals surface area contributed by atoms with Crippen LogP contribution in [0.2, 0.25) is 0 Å². The van der Waals surface area contributed by atoms with E-state index in [1.54, 1.807) is 19.9 Å². The molecule has 0 saturated heterocycles. The van der Waals surface area contributed by atoms with E-state index in [4.69, 9.17) is 14.4 Å². The van der Waals surface area contributed by atoms with Crippen molar-refractivity contribution in [3.8, 4) is 5.75 Å². The van der Waals surface area contributed by atoms with Crippen molar-refractivity contribution in [2.75, 3.05) is 12.9 Å². The molecule has 27 heavy (non-hydrogen) atoms. The lowest BCUT2D eigenvalue weighted by Gasteiger charge is -2.25. The lowest BCUT2D eigenvalue weighted by atomic mass is 9.98. The third-order valence-electron chi connectivity index (χ3n) is 4.14. The fraction of sp³-hybridized carbons (Fsp3) is 0.556. The maximum Gasteiger partial charge on any atom is 0.339 e. The lowest BCUT2D eigenvalue weighted by molar-refractivity contribution is -0.125. The first-order valence-corrected chi connectivity index (χ1v) is 9.58. The fourth-order valence-corrected chi connectivity index (χ4v) is 3.77. The predicted molar refractivity (Wildman–Crippen MR) is 105 cm³/mol. The van der Waals surface area contributed by atoms with Gasteiger partial charge in [-0.15, -0.1) is 11.8 Å². The molecule has 1 aliphatic heterocycles. The van der Waals surface area contributed by atoms with Gasteiger partial charge in [0.2, 0.25) is 5.91 Å². The van der Waals surface area contributed by atoms with Gasteiger partial charge in [0.25, 0.3) is 0 Å². The summed E-state index contributed by atoms with van der Waals surface area (Å²) in [6, 6.07) is 2.37. The van der Waals surface area contributed by atoms with Crippen molar-refractivity contribution in [2.24, 2.45) is 16.1 Å². The van der Waals surface area contributed by atoms with E-state index in [2.05, 4.69) is 15.5 Å². The van der Waals surface area contributed by atoms with E-state index in [0.29, 0.717) is 34.4 Å². The number of thioether (sulfide) groups is 1. The molecule has 0 saturated carbocycles. The molecular formula is C18H25N3O5S. The number of amides is 1. The molecule has 1 amide bonds. The number of rotatable bonds is 7. The summed E-state index contributed by atoms with van der Waals surface area (Å²) in [4.78, 5) is 29.2. The summed E-state index contributed by atoms with van der Waals surface area (Å²) < 4.78 is 10.4. The van der Waals surface area contributed by atoms with Crippen LogP contribution in [0.25, 0.3) is 0 Å². The number of ether oxygens (including phenoxy) is 1. The molecule has 2 atom stereocenters. The van der Waals surface area contributed by atoms with E-state index in [9.17, 15) is 9.59 Å². The summed E-state index contributed by atoms with van der Waals surface area (Å²) in [5.41, 5.74) is -1.17. The Hall–Kier alpha value is -2.29. The van der Waals surface area contributed by atoms with Gasteiger partial charge in [0.05, 0.1) is 19.2 Å². The zero-order valence-electron chi connectivity index (χ0n) is 16.1. The van der Waals surface area contributed by atoms with E-state index in [-0.39, 0.29) is 11.8 Å². The minimum absolute atomic E-state index is 0.250. The molecule has 0 unspecified atom stereocenters. The number of methoxy groups -OCH3 is 1. The van der Waals surface area contributed by atoms with E-state index in [1.165, 1.54) is 24.9 Å². The fourth-order valence-electron chi connectivity index (χ4n) is 2.64. The summed E-state index contributed by atoms with van der Waals surface area (Å²) in [6.45, 7) is 7.38. The zero-order valence-corrected chi connectivity index (χ0v) is 16.9. The number of carbonyl (C=O) groups excluding carboxylic acids is 1. The van der Waals surface area contributed by atoms with Gasteiger partial charge in [-0.25, -0.2) is 4.79 Å². The zero-order chi connectivity index (χ0) is 20.2. The molecule has 0 bridgehead atoms. The van der Waals surface area contributed by atoms with Crippen LogP contribution in [-0.4, -0.2) is 40.3 Å². The number of nitrogens with zero attached hydrogens (tertiary/aromatic N) is 2. The van der Waals surface area contributed by atoms with E-state index >= 15 is 0 Å². The van der Waals surface area contributed by atoms with Gasteiger partial charge in [-0.05, 0) is 26.2 Å². The maximum atomic E-state index is 12.9. The number of carbonyl (C=O) groups is 1. The molecule has 2 N–H and O–H groups in total. The normalized spacial score (nSPS) is 21.1. The van der Waals surface area contributed by atoms with Crippen molar-refractivity contribution < 1.29 is 19.2 Å². The molecule has 148 valence electrons. The Balaban J connectivity index is 2.29. The highest BCUT2D eigenvalue weighted by Crippen LogP contribution is 2.31. The summed E-state index contributed by atoms with van der Waals surface area (Å²) >= 11 is 1.36. The number of aliphatic imine (C=N–C) groups is 1. The second-order valence-electron chi connectivity index (χ2n) is 7.04. The third kappa shape index (κ3) is 5.12. The highest BCUT2D eigenvalue weighted by molar-refractivity contribution is 8.16. The van der Waals surface area contributed by atoms with Crippen molar-refractivity contribution >= 4 is 28.4 Å². The van der Waals surface area contributed by atoms with Crippen LogP contribution in [0.3, 0.4) is 0 Å². The number of oxime groups is 1. The van der Waals surface area contributed by atoms with Crippen LogP contribution in [0.1, 0.15) is 45.9 Å². The second-order valence-corrected chi connectivity index (χ2v) is 8.00. The van der Waals surface area contributed by atoms with E-state index in [1.807, 2.05) is 13.8 Å². The van der Waals surface area contributed by atoms with Crippen molar-refractivity contribution in [1.82, 2.24) is 5.32 Å². The first kappa shape index (κ1) is 21.0. The molecule has 2 rings (SSSR count). The average Bonchev–Trinajstić information content (AvgIpc) is 3.03. The van der Waals surface area contributed by atoms with Gasteiger partial charge >= 0.3 is 5.63 Å². The summed E-state index contributed by atoms with van der Waals surface area (Å²) in [5.74, 6) is 1.11. The quantitative estimate of drug-likeness (QED) is 0.417. The monoisotopic (exact) mass is 395 g/mol. The van der Waals surface area contributed by atoms with Crippen LogP contribution < -0.4 is 15.7 Å². The molecule has 0 fully saturated rings. The first-order chi connectivity index (χ1) is 12.7. The Morgan fingerprint density at radius 3 is 2.81 bits per heavy atom. The van der Waals surface area contributed by atoms with Crippen molar-refractivity contribution in [3.63, 3.8) is 0 Å². The molecule has 9 heteroatoms. The van der Waals surface area contributed by atoms with E-state index in [0.717, 1.165) is 0 Å². The Morgan fingerprint density at radius 1 is 1.52 bits per heavy atom. The van der Waals surface area contributed by atoms with Gasteiger partial charge in [-0.3, -0.25) is 9.79 Å². The Kier molecular flexibility index (Phi) is 6.69. The molecule has 0 radical (unpaired) electrons. The predicted octanol–water partition coefficient (Wildman–Crippen LogP) is 2.61. The molecule has 1 aromatic heterocycles. The van der Waals surface area contributed by atoms with Gasteiger partial charge < -0.3 is 19.7 Å². The van der Waals surface area contributed by atoms with Crippen LogP contribution >= 0.6 is 11.8 Å². The maximum absolute atomic E-state index is 12.9. The molecule has 0 aliphatic carbocycles. The summed E-state index contributed by atoms with van der Waals surface area (Å²) in [7, 11) is 1.46. The van der Waals surface area contributed by atoms with Crippen LogP contribution in [-0.2, 0) is 4.79 Å². The largest absolute Gasteiger partial charge is 0.496 e. The summed E-state index contributed by atoms with van der Waals surface area (Å²) in [5, 5.41) is 15.5. The third-order valence-corrected chi connectivity index (χ3v) is 5.51. The minimum atomic E-state index is -1.000. The average molecular weight is 395 g/mol. The Bertz CT molecular complexity index is 817. The standard InChI is InChI=1S/C18H25N3O5S/c1-10(2)6-13(14-7-12(25-5)8-15(22)26-14)19-17(23)18(4)9-27-16(20-18)11(3)21-24/h7-8,10,13,24H,6,9H2,1-5H3,(H,19,23)/b21-11-/t13-,18+/m1/s1. The molecule has 0 aromatic carbocycles. The number of nitrogens with one attached hydrogen (secondary N) is 1. The number of hydrogen-bond donors (Lipinski definition) is 2. The van der Waals surface area contributed by atoms with Gasteiger partial charge in [0.1, 0.15) is 27.8 Å². The topological polar surface area (TPSA) is 113 Å². The molecule has 1 aliphatic rings. The van der Waals surface area contributed by atoms with Crippen molar-refractivity contribution in [2.45, 2.75) is 45.7 Å². The lowest BCUT2D eigenvalue weighted by Crippen LogP contribution is -2.45. The van der Waals surface area contributed by atoms with Gasteiger partial charge in [-0.1, -0.05) is 19.0 Å². The molecule has 0 spiro atoms. The smallest absolute Gasteiger partial charge is 0.339 e. The number of hydrogen-bond acceptors (Lipinski definition) is 8. The highest BCUT2D eigenvalue weighted by atomic mass is 32.2. The second kappa shape index (κ2) is 8.60. The minimum Gasteiger partial charge on any atom is -0.496 e. The van der Waals surface area contributed by atoms with Crippen LogP contribution in [0.15, 0.2) is 31.5 Å². The van der Waals surface area contributed by atoms with Crippen molar-refractivity contribution in [3.05, 3.63) is 28.3 Å². The molecule has 8 nitrogen and oxygen atoms in total. The van der Waals surface area contributed by atoms with Crippen LogP contribution in [0.4, 0.5) is 0 Å². The van der Waals surface area contributed by atoms with Gasteiger partial charge in [-0.2, -0.15) is 0 Å². The van der Waals surface area contributed by atoms with Crippen LogP contribution in [0, 0.1) is 5.92 Å². The molecular weight excluding hydrogens is 370 g/mol. The van der Waals surface area contributed by atoms with Crippen LogP contribution in [0.5, 0.6) is 5.75 Å². The van der Waals surface area contributed by atoms with Gasteiger partial charge in [0.15, 0.2) is 0 Å². The van der Waals surface area contributed by atoms with Gasteiger partial charge in [0, 0.05) is 11.8 Å². The highest BCUT2D eigenvalue weighted by Gasteiger charge is 2.40. The van der Waals surface area contributed by atoms with Crippen molar-refractivity contribution in [1.29, 1.82) is 0 Å². The summed E-state index contributed by atoms with van der Waals surface area (Å²) in [6.07, 6.45) is 0.582.